The van der Waals surface area contributed by atoms with Gasteiger partial charge in [-0.3, -0.25) is 0 Å². The molecule has 0 bridgehead atoms. The number of aliphatic hydroxyl groups excluding tert-OH is 1. The summed E-state index contributed by atoms with van der Waals surface area (Å²) in [6.07, 6.45) is 0.472. The van der Waals surface area contributed by atoms with E-state index in [0.29, 0.717) is 21.8 Å². The van der Waals surface area contributed by atoms with E-state index in [2.05, 4.69) is 10.1 Å². The Morgan fingerprint density at radius 3 is 2.44 bits per heavy atom. The van der Waals surface area contributed by atoms with E-state index < -0.39 is 23.5 Å². The number of halogens is 3. The number of methoxy groups -OCH3 is 1. The lowest BCUT2D eigenvalue weighted by Gasteiger charge is -2.14. The zero-order valence-electron chi connectivity index (χ0n) is 19.0. The van der Waals surface area contributed by atoms with Crippen molar-refractivity contribution < 1.29 is 23.4 Å². The fourth-order valence-electron chi connectivity index (χ4n) is 4.00. The van der Waals surface area contributed by atoms with Crippen molar-refractivity contribution in [1.82, 2.24) is 14.6 Å². The van der Waals surface area contributed by atoms with Crippen LogP contribution in [0.25, 0.3) is 28.0 Å². The Morgan fingerprint density at radius 2 is 1.72 bits per heavy atom. The van der Waals surface area contributed by atoms with Gasteiger partial charge in [0.05, 0.1) is 27.6 Å². The van der Waals surface area contributed by atoms with E-state index in [1.165, 1.54) is 7.11 Å². The number of rotatable bonds is 7. The molecule has 5 rings (SSSR count). The van der Waals surface area contributed by atoms with E-state index >= 15 is 0 Å². The third-order valence-electron chi connectivity index (χ3n) is 5.62. The van der Waals surface area contributed by atoms with Crippen molar-refractivity contribution >= 4 is 17.1 Å². The predicted molar refractivity (Wildman–Crippen MR) is 132 cm³/mol. The number of nitrogens with zero attached hydrogens (tertiary/aromatic N) is 3. The maximum Gasteiger partial charge on any atom is 0.193 e. The Kier molecular flexibility index (Phi) is 6.65. The maximum absolute atomic E-state index is 14.5. The molecule has 1 unspecified atom stereocenters. The SMILES string of the molecule is COCOc1c(F)cc(-c2cccc(C(O)c3c(-c4ccccc4)nn4cc(Cl)ccc34)n2)cc1F. The van der Waals surface area contributed by atoms with Gasteiger partial charge < -0.3 is 14.6 Å². The minimum atomic E-state index is -1.18. The first kappa shape index (κ1) is 23.9. The highest BCUT2D eigenvalue weighted by Gasteiger charge is 2.24. The minimum absolute atomic E-state index is 0.193. The molecule has 0 aliphatic carbocycles. The molecule has 3 aromatic heterocycles. The lowest BCUT2D eigenvalue weighted by Crippen LogP contribution is -2.05. The number of pyridine rings is 2. The molecular formula is C27H20ClF2N3O3. The summed E-state index contributed by atoms with van der Waals surface area (Å²) < 4.78 is 40.4. The molecule has 0 aliphatic heterocycles. The summed E-state index contributed by atoms with van der Waals surface area (Å²) in [5.41, 5.74) is 3.31. The molecule has 0 fully saturated rings. The first-order valence-electron chi connectivity index (χ1n) is 11.0. The van der Waals surface area contributed by atoms with Gasteiger partial charge in [0.25, 0.3) is 0 Å². The number of hydrogen-bond acceptors (Lipinski definition) is 5. The molecule has 0 radical (unpaired) electrons. The van der Waals surface area contributed by atoms with Crippen LogP contribution in [0.3, 0.4) is 0 Å². The van der Waals surface area contributed by atoms with Crippen LogP contribution in [-0.2, 0) is 4.74 Å². The molecule has 36 heavy (non-hydrogen) atoms. The summed E-state index contributed by atoms with van der Waals surface area (Å²) >= 11 is 6.16. The number of ether oxygens (including phenoxy) is 2. The molecule has 9 heteroatoms. The maximum atomic E-state index is 14.5. The molecule has 182 valence electrons. The predicted octanol–water partition coefficient (Wildman–Crippen LogP) is 6.06. The topological polar surface area (TPSA) is 68.9 Å². The Labute approximate surface area is 210 Å². The van der Waals surface area contributed by atoms with Crippen molar-refractivity contribution in [3.05, 3.63) is 107 Å². The van der Waals surface area contributed by atoms with Crippen molar-refractivity contribution in [2.24, 2.45) is 0 Å². The van der Waals surface area contributed by atoms with Crippen LogP contribution in [0.15, 0.2) is 79.0 Å². The lowest BCUT2D eigenvalue weighted by molar-refractivity contribution is 0.0453. The third kappa shape index (κ3) is 4.54. The molecule has 0 aliphatic rings. The molecule has 6 nitrogen and oxygen atoms in total. The number of aromatic nitrogens is 3. The molecule has 1 N–H and O–H groups in total. The molecule has 0 amide bonds. The highest BCUT2D eigenvalue weighted by Crippen LogP contribution is 2.35. The van der Waals surface area contributed by atoms with Gasteiger partial charge in [0.15, 0.2) is 24.2 Å². The monoisotopic (exact) mass is 507 g/mol. The molecule has 5 aromatic rings. The Hall–Kier alpha value is -3.85. The zero-order valence-corrected chi connectivity index (χ0v) is 19.8. The van der Waals surface area contributed by atoms with E-state index in [9.17, 15) is 13.9 Å². The highest BCUT2D eigenvalue weighted by atomic mass is 35.5. The summed E-state index contributed by atoms with van der Waals surface area (Å²) in [4.78, 5) is 4.52. The summed E-state index contributed by atoms with van der Waals surface area (Å²) in [7, 11) is 1.35. The third-order valence-corrected chi connectivity index (χ3v) is 5.84. The van der Waals surface area contributed by atoms with E-state index in [1.807, 2.05) is 30.3 Å². The van der Waals surface area contributed by atoms with Crippen LogP contribution in [0.2, 0.25) is 5.02 Å². The van der Waals surface area contributed by atoms with Gasteiger partial charge in [0, 0.05) is 30.0 Å². The van der Waals surface area contributed by atoms with Crippen molar-refractivity contribution in [2.45, 2.75) is 6.10 Å². The van der Waals surface area contributed by atoms with Gasteiger partial charge in [0.2, 0.25) is 0 Å². The van der Waals surface area contributed by atoms with Crippen LogP contribution < -0.4 is 4.74 Å². The van der Waals surface area contributed by atoms with Crippen molar-refractivity contribution in [2.75, 3.05) is 13.9 Å². The van der Waals surface area contributed by atoms with Crippen LogP contribution >= 0.6 is 11.6 Å². The van der Waals surface area contributed by atoms with Crippen molar-refractivity contribution in [3.63, 3.8) is 0 Å². The molecule has 1 atom stereocenters. The van der Waals surface area contributed by atoms with E-state index in [0.717, 1.165) is 17.7 Å². The molecule has 2 aromatic carbocycles. The first-order chi connectivity index (χ1) is 17.5. The van der Waals surface area contributed by atoms with Gasteiger partial charge in [-0.1, -0.05) is 48.0 Å². The standard InChI is InChI=1S/C27H20ClF2N3O3/c1-35-15-36-27-19(29)12-17(13-20(27)30)21-8-5-9-22(31-21)26(34)24-23-11-10-18(28)14-33(23)32-25(24)16-6-3-2-4-7-16/h2-14,26,34H,15H2,1H3. The van der Waals surface area contributed by atoms with Crippen LogP contribution in [0.1, 0.15) is 17.4 Å². The van der Waals surface area contributed by atoms with E-state index in [1.54, 1.807) is 41.0 Å². The molecule has 0 spiro atoms. The van der Waals surface area contributed by atoms with Gasteiger partial charge >= 0.3 is 0 Å². The van der Waals surface area contributed by atoms with Gasteiger partial charge in [-0.05, 0) is 36.4 Å². The second-order valence-electron chi connectivity index (χ2n) is 7.98. The molecule has 0 saturated heterocycles. The van der Waals surface area contributed by atoms with Crippen LogP contribution in [-0.4, -0.2) is 33.6 Å². The van der Waals surface area contributed by atoms with Crippen molar-refractivity contribution in [1.29, 1.82) is 0 Å². The second kappa shape index (κ2) is 10.0. The lowest BCUT2D eigenvalue weighted by atomic mass is 9.99. The minimum Gasteiger partial charge on any atom is -0.461 e. The number of fused-ring (bicyclic) bond motifs is 1. The van der Waals surface area contributed by atoms with Gasteiger partial charge in [-0.25, -0.2) is 18.3 Å². The van der Waals surface area contributed by atoms with Gasteiger partial charge in [0.1, 0.15) is 6.10 Å². The first-order valence-corrected chi connectivity index (χ1v) is 11.3. The number of benzene rings is 2. The molecule has 0 saturated carbocycles. The Balaban J connectivity index is 1.59. The molecule has 3 heterocycles. The number of aliphatic hydroxyl groups is 1. The summed E-state index contributed by atoms with van der Waals surface area (Å²) in [6.45, 7) is -0.290. The quantitative estimate of drug-likeness (QED) is 0.271. The zero-order chi connectivity index (χ0) is 25.2. The van der Waals surface area contributed by atoms with Gasteiger partial charge in [-0.15, -0.1) is 0 Å². The summed E-state index contributed by atoms with van der Waals surface area (Å²) in [5, 5.41) is 16.6. The fraction of sp³-hybridized carbons (Fsp3) is 0.111. The number of hydrogen-bond donors (Lipinski definition) is 1. The Morgan fingerprint density at radius 1 is 0.972 bits per heavy atom. The largest absolute Gasteiger partial charge is 0.461 e. The molecular weight excluding hydrogens is 488 g/mol. The van der Waals surface area contributed by atoms with Gasteiger partial charge in [-0.2, -0.15) is 5.10 Å². The average molecular weight is 508 g/mol. The highest BCUT2D eigenvalue weighted by molar-refractivity contribution is 6.30. The van der Waals surface area contributed by atoms with Crippen LogP contribution in [0, 0.1) is 11.6 Å². The smallest absolute Gasteiger partial charge is 0.193 e. The summed E-state index contributed by atoms with van der Waals surface area (Å²) in [5.74, 6) is -2.31. The fourth-order valence-corrected chi connectivity index (χ4v) is 4.15. The second-order valence-corrected chi connectivity index (χ2v) is 8.41. The van der Waals surface area contributed by atoms with Crippen LogP contribution in [0.5, 0.6) is 5.75 Å². The Bertz CT molecular complexity index is 1520. The van der Waals surface area contributed by atoms with Crippen molar-refractivity contribution in [3.8, 4) is 28.3 Å². The van der Waals surface area contributed by atoms with E-state index in [4.69, 9.17) is 21.1 Å². The van der Waals surface area contributed by atoms with Crippen LogP contribution in [0.4, 0.5) is 8.78 Å². The summed E-state index contributed by atoms with van der Waals surface area (Å²) in [6, 6.07) is 20.1. The average Bonchev–Trinajstić information content (AvgIpc) is 3.27. The van der Waals surface area contributed by atoms with E-state index in [-0.39, 0.29) is 23.7 Å². The normalized spacial score (nSPS) is 12.1.